The van der Waals surface area contributed by atoms with Gasteiger partial charge in [0.15, 0.2) is 0 Å². The van der Waals surface area contributed by atoms with Crippen molar-refractivity contribution >= 4 is 11.3 Å². The Kier molecular flexibility index (Phi) is 4.79. The molecule has 0 aromatic carbocycles. The highest BCUT2D eigenvalue weighted by atomic mass is 32.1. The van der Waals surface area contributed by atoms with E-state index in [1.54, 1.807) is 4.88 Å². The van der Waals surface area contributed by atoms with Crippen molar-refractivity contribution < 1.29 is 0 Å². The van der Waals surface area contributed by atoms with Crippen LogP contribution in [0.3, 0.4) is 0 Å². The average Bonchev–Trinajstić information content (AvgIpc) is 2.99. The number of piperazine rings is 1. The van der Waals surface area contributed by atoms with Gasteiger partial charge in [0.2, 0.25) is 0 Å². The predicted octanol–water partition coefficient (Wildman–Crippen LogP) is 4.20. The molecule has 0 bridgehead atoms. The molecule has 2 aliphatic rings. The first-order valence-corrected chi connectivity index (χ1v) is 9.23. The van der Waals surface area contributed by atoms with Crippen LogP contribution in [0.2, 0.25) is 0 Å². The van der Waals surface area contributed by atoms with Gasteiger partial charge in [0, 0.05) is 36.1 Å². The van der Waals surface area contributed by atoms with E-state index in [-0.39, 0.29) is 0 Å². The Morgan fingerprint density at radius 3 is 2.90 bits per heavy atom. The molecule has 1 unspecified atom stereocenters. The largest absolute Gasteiger partial charge is 0.309 e. The molecule has 1 aliphatic carbocycles. The maximum Gasteiger partial charge on any atom is 0.0442 e. The van der Waals surface area contributed by atoms with E-state index in [1.807, 2.05) is 11.3 Å². The summed E-state index contributed by atoms with van der Waals surface area (Å²) in [7, 11) is 0. The number of thiophene rings is 1. The van der Waals surface area contributed by atoms with E-state index >= 15 is 0 Å². The molecule has 20 heavy (non-hydrogen) atoms. The van der Waals surface area contributed by atoms with Gasteiger partial charge in [-0.25, -0.2) is 0 Å². The molecular weight excluding hydrogens is 264 g/mol. The second kappa shape index (κ2) is 6.59. The van der Waals surface area contributed by atoms with E-state index in [2.05, 4.69) is 34.7 Å². The zero-order chi connectivity index (χ0) is 13.8. The summed E-state index contributed by atoms with van der Waals surface area (Å²) in [5.74, 6) is 0. The molecule has 0 radical (unpaired) electrons. The Balaban J connectivity index is 1.73. The van der Waals surface area contributed by atoms with Gasteiger partial charge >= 0.3 is 0 Å². The van der Waals surface area contributed by atoms with E-state index in [0.717, 1.165) is 0 Å². The third kappa shape index (κ3) is 3.10. The van der Waals surface area contributed by atoms with E-state index in [0.29, 0.717) is 11.6 Å². The maximum atomic E-state index is 3.87. The summed E-state index contributed by atoms with van der Waals surface area (Å²) in [6, 6.07) is 5.20. The molecule has 1 saturated heterocycles. The van der Waals surface area contributed by atoms with Crippen molar-refractivity contribution in [3.05, 3.63) is 22.4 Å². The molecule has 0 amide bonds. The number of rotatable bonds is 4. The SMILES string of the molecule is CCCC(c1cccs1)N1CCNC2(CCCCC2)C1. The molecule has 3 heteroatoms. The minimum atomic E-state index is 0.430. The molecule has 1 aliphatic heterocycles. The van der Waals surface area contributed by atoms with Crippen LogP contribution in [0.25, 0.3) is 0 Å². The first-order valence-electron chi connectivity index (χ1n) is 8.35. The van der Waals surface area contributed by atoms with Crippen molar-refractivity contribution in [2.45, 2.75) is 63.5 Å². The third-order valence-electron chi connectivity index (χ3n) is 5.09. The van der Waals surface area contributed by atoms with Crippen LogP contribution in [0.1, 0.15) is 62.8 Å². The van der Waals surface area contributed by atoms with Crippen LogP contribution in [0.5, 0.6) is 0 Å². The minimum Gasteiger partial charge on any atom is -0.309 e. The molecule has 2 heterocycles. The predicted molar refractivity (Wildman–Crippen MR) is 87.4 cm³/mol. The Labute approximate surface area is 127 Å². The lowest BCUT2D eigenvalue weighted by molar-refractivity contribution is 0.0650. The van der Waals surface area contributed by atoms with Crippen LogP contribution in [0.4, 0.5) is 0 Å². The van der Waals surface area contributed by atoms with Crippen LogP contribution in [-0.2, 0) is 0 Å². The van der Waals surface area contributed by atoms with Crippen molar-refractivity contribution in [3.63, 3.8) is 0 Å². The van der Waals surface area contributed by atoms with Gasteiger partial charge in [0.25, 0.3) is 0 Å². The Morgan fingerprint density at radius 2 is 2.20 bits per heavy atom. The van der Waals surface area contributed by atoms with Gasteiger partial charge in [0.05, 0.1) is 0 Å². The van der Waals surface area contributed by atoms with Gasteiger partial charge in [-0.1, -0.05) is 38.7 Å². The minimum absolute atomic E-state index is 0.430. The van der Waals surface area contributed by atoms with Gasteiger partial charge in [-0.15, -0.1) is 11.3 Å². The second-order valence-corrected chi connectivity index (χ2v) is 7.54. The highest BCUT2D eigenvalue weighted by molar-refractivity contribution is 7.10. The van der Waals surface area contributed by atoms with Gasteiger partial charge < -0.3 is 5.32 Å². The molecule has 1 aromatic rings. The summed E-state index contributed by atoms with van der Waals surface area (Å²) in [5.41, 5.74) is 0.430. The smallest absolute Gasteiger partial charge is 0.0442 e. The highest BCUT2D eigenvalue weighted by Crippen LogP contribution is 2.36. The van der Waals surface area contributed by atoms with Crippen LogP contribution in [0.15, 0.2) is 17.5 Å². The fraction of sp³-hybridized carbons (Fsp3) is 0.765. The lowest BCUT2D eigenvalue weighted by Gasteiger charge is -2.48. The van der Waals surface area contributed by atoms with E-state index in [4.69, 9.17) is 0 Å². The van der Waals surface area contributed by atoms with E-state index in [1.165, 1.54) is 64.6 Å². The van der Waals surface area contributed by atoms with Crippen molar-refractivity contribution in [3.8, 4) is 0 Å². The maximum absolute atomic E-state index is 3.87. The molecule has 1 saturated carbocycles. The number of hydrogen-bond donors (Lipinski definition) is 1. The van der Waals surface area contributed by atoms with Crippen LogP contribution in [0, 0.1) is 0 Å². The first-order chi connectivity index (χ1) is 9.83. The number of nitrogens with one attached hydrogen (secondary N) is 1. The molecule has 112 valence electrons. The summed E-state index contributed by atoms with van der Waals surface area (Å²) in [6.07, 6.45) is 9.61. The van der Waals surface area contributed by atoms with Gasteiger partial charge in [-0.3, -0.25) is 4.90 Å². The summed E-state index contributed by atoms with van der Waals surface area (Å²) in [6.45, 7) is 5.96. The molecule has 1 aromatic heterocycles. The summed E-state index contributed by atoms with van der Waals surface area (Å²) in [4.78, 5) is 4.34. The summed E-state index contributed by atoms with van der Waals surface area (Å²) < 4.78 is 0. The van der Waals surface area contributed by atoms with E-state index in [9.17, 15) is 0 Å². The molecule has 1 spiro atoms. The monoisotopic (exact) mass is 292 g/mol. The van der Waals surface area contributed by atoms with Gasteiger partial charge in [0.1, 0.15) is 0 Å². The van der Waals surface area contributed by atoms with Crippen molar-refractivity contribution in [2.75, 3.05) is 19.6 Å². The lowest BCUT2D eigenvalue weighted by atomic mass is 9.79. The quantitative estimate of drug-likeness (QED) is 0.895. The first kappa shape index (κ1) is 14.6. The third-order valence-corrected chi connectivity index (χ3v) is 6.06. The fourth-order valence-corrected chi connectivity index (χ4v) is 4.97. The number of nitrogens with zero attached hydrogens (tertiary/aromatic N) is 1. The molecule has 2 fully saturated rings. The molecule has 1 atom stereocenters. The van der Waals surface area contributed by atoms with Crippen LogP contribution >= 0.6 is 11.3 Å². The van der Waals surface area contributed by atoms with Crippen LogP contribution in [-0.4, -0.2) is 30.1 Å². The Hall–Kier alpha value is -0.380. The Bertz CT molecular complexity index is 390. The van der Waals surface area contributed by atoms with Gasteiger partial charge in [-0.05, 0) is 30.7 Å². The van der Waals surface area contributed by atoms with Crippen LogP contribution < -0.4 is 5.32 Å². The second-order valence-electron chi connectivity index (χ2n) is 6.56. The van der Waals surface area contributed by atoms with Crippen molar-refractivity contribution in [2.24, 2.45) is 0 Å². The van der Waals surface area contributed by atoms with Gasteiger partial charge in [-0.2, -0.15) is 0 Å². The topological polar surface area (TPSA) is 15.3 Å². The molecule has 1 N–H and O–H groups in total. The zero-order valence-corrected chi connectivity index (χ0v) is 13.6. The fourth-order valence-electron chi connectivity index (χ4n) is 4.08. The van der Waals surface area contributed by atoms with Crippen molar-refractivity contribution in [1.82, 2.24) is 10.2 Å². The summed E-state index contributed by atoms with van der Waals surface area (Å²) >= 11 is 1.94. The molecule has 3 rings (SSSR count). The standard InChI is InChI=1S/C17H28N2S/c1-2-7-15(16-8-6-13-20-16)19-12-11-18-17(14-19)9-4-3-5-10-17/h6,8,13,15,18H,2-5,7,9-12,14H2,1H3. The normalized spacial score (nSPS) is 24.9. The van der Waals surface area contributed by atoms with Crippen molar-refractivity contribution in [1.29, 1.82) is 0 Å². The average molecular weight is 292 g/mol. The Morgan fingerprint density at radius 1 is 1.35 bits per heavy atom. The van der Waals surface area contributed by atoms with E-state index < -0.39 is 0 Å². The zero-order valence-electron chi connectivity index (χ0n) is 12.7. The number of hydrogen-bond acceptors (Lipinski definition) is 3. The molecule has 2 nitrogen and oxygen atoms in total. The summed E-state index contributed by atoms with van der Waals surface area (Å²) in [5, 5.41) is 6.10. The lowest BCUT2D eigenvalue weighted by Crippen LogP contribution is -2.61. The highest BCUT2D eigenvalue weighted by Gasteiger charge is 2.38. The molecular formula is C17H28N2S.